The fourth-order valence-corrected chi connectivity index (χ4v) is 2.63. The summed E-state index contributed by atoms with van der Waals surface area (Å²) in [5.41, 5.74) is 1.79. The van der Waals surface area contributed by atoms with Gasteiger partial charge in [0.2, 0.25) is 5.91 Å². The van der Waals surface area contributed by atoms with E-state index in [4.69, 9.17) is 0 Å². The first kappa shape index (κ1) is 18.2. The Morgan fingerprint density at radius 2 is 2.00 bits per heavy atom. The second-order valence-electron chi connectivity index (χ2n) is 6.25. The molecule has 0 radical (unpaired) electrons. The van der Waals surface area contributed by atoms with Crippen molar-refractivity contribution in [2.24, 2.45) is 13.0 Å². The van der Waals surface area contributed by atoms with Crippen LogP contribution in [0.3, 0.4) is 0 Å². The molecular formula is C16H27N3O3. The molecular weight excluding hydrogens is 282 g/mol. The SMILES string of the molecule is CCCC(C)(NC(=O)C(C)Cc1c(C)nn(C)c1C)C(=O)O. The molecule has 0 saturated carbocycles. The lowest BCUT2D eigenvalue weighted by Crippen LogP contribution is -2.53. The van der Waals surface area contributed by atoms with Crippen LogP contribution in [0.15, 0.2) is 0 Å². The van der Waals surface area contributed by atoms with Gasteiger partial charge in [0.25, 0.3) is 0 Å². The van der Waals surface area contributed by atoms with Crippen molar-refractivity contribution in [3.63, 3.8) is 0 Å². The molecule has 1 heterocycles. The van der Waals surface area contributed by atoms with Crippen molar-refractivity contribution in [3.05, 3.63) is 17.0 Å². The Balaban J connectivity index is 2.83. The van der Waals surface area contributed by atoms with Crippen LogP contribution in [0.5, 0.6) is 0 Å². The largest absolute Gasteiger partial charge is 0.480 e. The van der Waals surface area contributed by atoms with Crippen LogP contribution in [0.2, 0.25) is 0 Å². The van der Waals surface area contributed by atoms with E-state index in [9.17, 15) is 14.7 Å². The van der Waals surface area contributed by atoms with Crippen molar-refractivity contribution < 1.29 is 14.7 Å². The summed E-state index contributed by atoms with van der Waals surface area (Å²) in [5, 5.41) is 16.4. The van der Waals surface area contributed by atoms with Crippen molar-refractivity contribution in [3.8, 4) is 0 Å². The van der Waals surface area contributed by atoms with Crippen molar-refractivity contribution in [2.45, 2.75) is 59.4 Å². The normalized spacial score (nSPS) is 15.2. The first-order valence-electron chi connectivity index (χ1n) is 7.66. The molecule has 2 atom stereocenters. The van der Waals surface area contributed by atoms with E-state index in [0.717, 1.165) is 17.0 Å². The van der Waals surface area contributed by atoms with E-state index >= 15 is 0 Å². The number of nitrogens with zero attached hydrogens (tertiary/aromatic N) is 2. The number of nitrogens with one attached hydrogen (secondary N) is 1. The minimum absolute atomic E-state index is 0.235. The lowest BCUT2D eigenvalue weighted by atomic mass is 9.93. The maximum Gasteiger partial charge on any atom is 0.329 e. The average molecular weight is 309 g/mol. The molecule has 6 nitrogen and oxygen atoms in total. The van der Waals surface area contributed by atoms with Gasteiger partial charge in [-0.15, -0.1) is 0 Å². The molecule has 124 valence electrons. The molecule has 1 aromatic rings. The van der Waals surface area contributed by atoms with Crippen molar-refractivity contribution in [1.29, 1.82) is 0 Å². The van der Waals surface area contributed by atoms with Crippen LogP contribution in [0.25, 0.3) is 0 Å². The molecule has 2 N–H and O–H groups in total. The summed E-state index contributed by atoms with van der Waals surface area (Å²) in [6.45, 7) is 9.17. The van der Waals surface area contributed by atoms with Crippen LogP contribution in [0, 0.1) is 19.8 Å². The van der Waals surface area contributed by atoms with Gasteiger partial charge in [0.1, 0.15) is 5.54 Å². The fourth-order valence-electron chi connectivity index (χ4n) is 2.63. The third kappa shape index (κ3) is 3.87. The summed E-state index contributed by atoms with van der Waals surface area (Å²) in [5.74, 6) is -1.54. The van der Waals surface area contributed by atoms with E-state index in [1.807, 2.05) is 34.7 Å². The lowest BCUT2D eigenvalue weighted by molar-refractivity contribution is -0.147. The highest BCUT2D eigenvalue weighted by Crippen LogP contribution is 2.19. The van der Waals surface area contributed by atoms with E-state index < -0.39 is 11.5 Å². The number of rotatable bonds is 7. The predicted molar refractivity (Wildman–Crippen MR) is 84.6 cm³/mol. The van der Waals surface area contributed by atoms with Crippen LogP contribution in [-0.2, 0) is 23.1 Å². The standard InChI is InChI=1S/C16H27N3O3/c1-7-8-16(5,15(21)22)17-14(20)10(2)9-13-11(3)18-19(6)12(13)4/h10H,7-9H2,1-6H3,(H,17,20)(H,21,22). The Kier molecular flexibility index (Phi) is 5.74. The number of hydrogen-bond acceptors (Lipinski definition) is 3. The third-order valence-corrected chi connectivity index (χ3v) is 4.24. The maximum atomic E-state index is 12.4. The van der Waals surface area contributed by atoms with Crippen LogP contribution < -0.4 is 5.32 Å². The van der Waals surface area contributed by atoms with Gasteiger partial charge in [0, 0.05) is 18.7 Å². The minimum Gasteiger partial charge on any atom is -0.480 e. The zero-order chi connectivity index (χ0) is 17.1. The van der Waals surface area contributed by atoms with Crippen molar-refractivity contribution in [1.82, 2.24) is 15.1 Å². The maximum absolute atomic E-state index is 12.4. The summed E-state index contributed by atoms with van der Waals surface area (Å²) in [6.07, 6.45) is 1.66. The monoisotopic (exact) mass is 309 g/mol. The zero-order valence-corrected chi connectivity index (χ0v) is 14.4. The van der Waals surface area contributed by atoms with Gasteiger partial charge in [-0.1, -0.05) is 20.3 Å². The van der Waals surface area contributed by atoms with Gasteiger partial charge >= 0.3 is 5.97 Å². The molecule has 0 saturated heterocycles. The van der Waals surface area contributed by atoms with Gasteiger partial charge in [-0.05, 0) is 39.2 Å². The Bertz CT molecular complexity index is 565. The number of hydrogen-bond donors (Lipinski definition) is 2. The number of amides is 1. The number of carbonyl (C=O) groups excluding carboxylic acids is 1. The van der Waals surface area contributed by atoms with Crippen LogP contribution in [0.4, 0.5) is 0 Å². The molecule has 22 heavy (non-hydrogen) atoms. The van der Waals surface area contributed by atoms with Gasteiger partial charge in [-0.25, -0.2) is 4.79 Å². The first-order chi connectivity index (χ1) is 10.1. The second kappa shape index (κ2) is 6.94. The van der Waals surface area contributed by atoms with E-state index in [2.05, 4.69) is 10.4 Å². The Labute approximate surface area is 131 Å². The van der Waals surface area contributed by atoms with E-state index in [1.54, 1.807) is 11.6 Å². The topological polar surface area (TPSA) is 84.2 Å². The van der Waals surface area contributed by atoms with Gasteiger partial charge < -0.3 is 10.4 Å². The summed E-state index contributed by atoms with van der Waals surface area (Å²) in [6, 6.07) is 0. The smallest absolute Gasteiger partial charge is 0.329 e. The first-order valence-corrected chi connectivity index (χ1v) is 7.66. The van der Waals surface area contributed by atoms with Crippen molar-refractivity contribution >= 4 is 11.9 Å². The molecule has 0 aliphatic heterocycles. The molecule has 0 aliphatic carbocycles. The highest BCUT2D eigenvalue weighted by Gasteiger charge is 2.35. The molecule has 2 unspecified atom stereocenters. The minimum atomic E-state index is -1.21. The summed E-state index contributed by atoms with van der Waals surface area (Å²) in [7, 11) is 1.87. The highest BCUT2D eigenvalue weighted by molar-refractivity contribution is 5.87. The number of carboxylic acids is 1. The zero-order valence-electron chi connectivity index (χ0n) is 14.4. The van der Waals surface area contributed by atoms with E-state index in [1.165, 1.54) is 0 Å². The average Bonchev–Trinajstić information content (AvgIpc) is 2.65. The van der Waals surface area contributed by atoms with Gasteiger partial charge in [-0.3, -0.25) is 9.48 Å². The number of aryl methyl sites for hydroxylation is 2. The molecule has 1 amide bonds. The lowest BCUT2D eigenvalue weighted by Gasteiger charge is -2.27. The Hall–Kier alpha value is -1.85. The van der Waals surface area contributed by atoms with Crippen LogP contribution >= 0.6 is 0 Å². The number of aliphatic carboxylic acids is 1. The second-order valence-corrected chi connectivity index (χ2v) is 6.25. The van der Waals surface area contributed by atoms with Crippen LogP contribution in [0.1, 0.15) is 50.6 Å². The summed E-state index contributed by atoms with van der Waals surface area (Å²) >= 11 is 0. The Morgan fingerprint density at radius 3 is 2.41 bits per heavy atom. The van der Waals surface area contributed by atoms with E-state index in [-0.39, 0.29) is 11.8 Å². The summed E-state index contributed by atoms with van der Waals surface area (Å²) in [4.78, 5) is 23.8. The molecule has 0 fully saturated rings. The van der Waals surface area contributed by atoms with Gasteiger partial charge in [0.15, 0.2) is 0 Å². The predicted octanol–water partition coefficient (Wildman–Crippen LogP) is 1.98. The number of carboxylic acid groups (broad SMARTS) is 1. The number of carbonyl (C=O) groups is 2. The summed E-state index contributed by atoms with van der Waals surface area (Å²) < 4.78 is 1.80. The molecule has 0 aliphatic rings. The Morgan fingerprint density at radius 1 is 1.41 bits per heavy atom. The molecule has 1 rings (SSSR count). The van der Waals surface area contributed by atoms with Crippen LogP contribution in [-0.4, -0.2) is 32.3 Å². The molecule has 0 bridgehead atoms. The van der Waals surface area contributed by atoms with Gasteiger partial charge in [-0.2, -0.15) is 5.10 Å². The number of aromatic nitrogens is 2. The quantitative estimate of drug-likeness (QED) is 0.806. The van der Waals surface area contributed by atoms with Crippen molar-refractivity contribution in [2.75, 3.05) is 0 Å². The molecule has 0 spiro atoms. The fraction of sp³-hybridized carbons (Fsp3) is 0.688. The highest BCUT2D eigenvalue weighted by atomic mass is 16.4. The molecule has 0 aromatic carbocycles. The van der Waals surface area contributed by atoms with E-state index in [0.29, 0.717) is 19.3 Å². The van der Waals surface area contributed by atoms with Gasteiger partial charge in [0.05, 0.1) is 5.69 Å². The molecule has 6 heteroatoms. The molecule has 1 aromatic heterocycles. The third-order valence-electron chi connectivity index (χ3n) is 4.24.